The van der Waals surface area contributed by atoms with Gasteiger partial charge >= 0.3 is 0 Å². The zero-order valence-electron chi connectivity index (χ0n) is 13.7. The molecule has 1 saturated heterocycles. The molecular weight excluding hydrogens is 304 g/mol. The van der Waals surface area contributed by atoms with Crippen molar-refractivity contribution < 1.29 is 9.90 Å². The number of rotatable bonds is 3. The van der Waals surface area contributed by atoms with Crippen molar-refractivity contribution in [3.63, 3.8) is 0 Å². The van der Waals surface area contributed by atoms with E-state index in [4.69, 9.17) is 0 Å². The molecule has 1 fully saturated rings. The Kier molecular flexibility index (Phi) is 4.81. The van der Waals surface area contributed by atoms with Crippen molar-refractivity contribution in [2.75, 3.05) is 13.2 Å². The first-order chi connectivity index (χ1) is 11.6. The molecule has 2 atom stereocenters. The van der Waals surface area contributed by atoms with Crippen LogP contribution >= 0.6 is 0 Å². The maximum atomic E-state index is 12.8. The molecule has 5 heteroatoms. The number of H-pyrrole nitrogens is 1. The number of carbonyl (C=O) groups excluding carboxylic acids is 1. The lowest BCUT2D eigenvalue weighted by Gasteiger charge is -2.38. The summed E-state index contributed by atoms with van der Waals surface area (Å²) in [5.74, 6) is -0.0724. The third kappa shape index (κ3) is 3.12. The fourth-order valence-corrected chi connectivity index (χ4v) is 3.36. The van der Waals surface area contributed by atoms with Gasteiger partial charge in [0.1, 0.15) is 5.56 Å². The van der Waals surface area contributed by atoms with Crippen LogP contribution in [0, 0.1) is 5.92 Å². The van der Waals surface area contributed by atoms with Crippen molar-refractivity contribution in [1.29, 1.82) is 0 Å². The number of aliphatic hydroxyl groups excluding tert-OH is 1. The van der Waals surface area contributed by atoms with Gasteiger partial charge in [-0.15, -0.1) is 0 Å². The molecule has 1 aliphatic rings. The molecule has 0 radical (unpaired) electrons. The number of aromatic amines is 1. The van der Waals surface area contributed by atoms with Crippen LogP contribution in [0.4, 0.5) is 0 Å². The SMILES string of the molecule is CC1CCCN(C(=O)c2ccc(-c3ccccc3)[nH]c2=O)C1CO. The summed E-state index contributed by atoms with van der Waals surface area (Å²) in [6.07, 6.45) is 1.88. The molecule has 1 aromatic carbocycles. The normalized spacial score (nSPS) is 20.8. The quantitative estimate of drug-likeness (QED) is 0.909. The number of nitrogens with one attached hydrogen (secondary N) is 1. The number of pyridine rings is 1. The molecular formula is C19H22N2O3. The molecule has 24 heavy (non-hydrogen) atoms. The summed E-state index contributed by atoms with van der Waals surface area (Å²) < 4.78 is 0. The van der Waals surface area contributed by atoms with Gasteiger partial charge in [0.25, 0.3) is 11.5 Å². The molecule has 2 aromatic rings. The number of benzene rings is 1. The summed E-state index contributed by atoms with van der Waals surface area (Å²) in [6, 6.07) is 12.6. The van der Waals surface area contributed by atoms with E-state index in [2.05, 4.69) is 4.98 Å². The molecule has 0 saturated carbocycles. The number of aliphatic hydroxyl groups is 1. The standard InChI is InChI=1S/C19H22N2O3/c1-13-6-5-11-21(17(13)12-22)19(24)15-9-10-16(20-18(15)23)14-7-3-2-4-8-14/h2-4,7-10,13,17,22H,5-6,11-12H2,1H3,(H,20,23). The highest BCUT2D eigenvalue weighted by Gasteiger charge is 2.32. The van der Waals surface area contributed by atoms with Gasteiger partial charge in [0.15, 0.2) is 0 Å². The zero-order valence-corrected chi connectivity index (χ0v) is 13.7. The maximum absolute atomic E-state index is 12.8. The second-order valence-electron chi connectivity index (χ2n) is 6.35. The Bertz CT molecular complexity index is 770. The summed E-state index contributed by atoms with van der Waals surface area (Å²) >= 11 is 0. The molecule has 126 valence electrons. The zero-order chi connectivity index (χ0) is 17.1. The fraction of sp³-hybridized carbons (Fsp3) is 0.368. The van der Waals surface area contributed by atoms with Crippen molar-refractivity contribution in [2.45, 2.75) is 25.8 Å². The van der Waals surface area contributed by atoms with Gasteiger partial charge in [-0.05, 0) is 36.5 Å². The number of likely N-dealkylation sites (tertiary alicyclic amines) is 1. The minimum Gasteiger partial charge on any atom is -0.394 e. The Hall–Kier alpha value is -2.40. The average Bonchev–Trinajstić information content (AvgIpc) is 2.61. The third-order valence-corrected chi connectivity index (χ3v) is 4.79. The molecule has 2 heterocycles. The van der Waals surface area contributed by atoms with Crippen LogP contribution in [0.15, 0.2) is 47.3 Å². The Labute approximate surface area is 140 Å². The van der Waals surface area contributed by atoms with Crippen LogP contribution in [0.3, 0.4) is 0 Å². The highest BCUT2D eigenvalue weighted by atomic mass is 16.3. The van der Waals surface area contributed by atoms with Gasteiger partial charge in [0.05, 0.1) is 12.6 Å². The van der Waals surface area contributed by atoms with Gasteiger partial charge < -0.3 is 15.0 Å². The molecule has 1 aliphatic heterocycles. The number of aromatic nitrogens is 1. The van der Waals surface area contributed by atoms with Crippen LogP contribution in [0.1, 0.15) is 30.1 Å². The van der Waals surface area contributed by atoms with Gasteiger partial charge in [-0.3, -0.25) is 9.59 Å². The molecule has 3 rings (SSSR count). The molecule has 1 amide bonds. The van der Waals surface area contributed by atoms with Crippen LogP contribution in [-0.4, -0.2) is 40.1 Å². The van der Waals surface area contributed by atoms with Crippen molar-refractivity contribution in [3.05, 3.63) is 58.4 Å². The maximum Gasteiger partial charge on any atom is 0.261 e. The molecule has 2 unspecified atom stereocenters. The number of hydrogen-bond acceptors (Lipinski definition) is 3. The van der Waals surface area contributed by atoms with E-state index in [0.29, 0.717) is 12.2 Å². The minimum absolute atomic E-state index is 0.0765. The largest absolute Gasteiger partial charge is 0.394 e. The number of amides is 1. The van der Waals surface area contributed by atoms with Crippen LogP contribution in [0.2, 0.25) is 0 Å². The monoisotopic (exact) mass is 326 g/mol. The number of nitrogens with zero attached hydrogens (tertiary/aromatic N) is 1. The molecule has 0 aliphatic carbocycles. The van der Waals surface area contributed by atoms with Gasteiger partial charge in [-0.2, -0.15) is 0 Å². The van der Waals surface area contributed by atoms with Crippen LogP contribution < -0.4 is 5.56 Å². The third-order valence-electron chi connectivity index (χ3n) is 4.79. The number of carbonyl (C=O) groups is 1. The van der Waals surface area contributed by atoms with E-state index in [1.165, 1.54) is 0 Å². The lowest BCUT2D eigenvalue weighted by molar-refractivity contribution is 0.0357. The predicted octanol–water partition coefficient (Wildman–Crippen LogP) is 2.27. The number of piperidine rings is 1. The van der Waals surface area contributed by atoms with E-state index in [1.54, 1.807) is 17.0 Å². The van der Waals surface area contributed by atoms with E-state index < -0.39 is 5.56 Å². The second kappa shape index (κ2) is 7.01. The van der Waals surface area contributed by atoms with Crippen molar-refractivity contribution in [3.8, 4) is 11.3 Å². The lowest BCUT2D eigenvalue weighted by Crippen LogP contribution is -2.50. The van der Waals surface area contributed by atoms with Crippen molar-refractivity contribution in [1.82, 2.24) is 9.88 Å². The fourth-order valence-electron chi connectivity index (χ4n) is 3.36. The molecule has 2 N–H and O–H groups in total. The average molecular weight is 326 g/mol. The first-order valence-electron chi connectivity index (χ1n) is 8.32. The smallest absolute Gasteiger partial charge is 0.261 e. The molecule has 0 bridgehead atoms. The van der Waals surface area contributed by atoms with Gasteiger partial charge in [0.2, 0.25) is 0 Å². The van der Waals surface area contributed by atoms with Crippen molar-refractivity contribution >= 4 is 5.91 Å². The summed E-state index contributed by atoms with van der Waals surface area (Å²) in [6.45, 7) is 2.53. The highest BCUT2D eigenvalue weighted by Crippen LogP contribution is 2.24. The van der Waals surface area contributed by atoms with E-state index in [-0.39, 0.29) is 30.0 Å². The predicted molar refractivity (Wildman–Crippen MR) is 92.8 cm³/mol. The van der Waals surface area contributed by atoms with Crippen LogP contribution in [-0.2, 0) is 0 Å². The lowest BCUT2D eigenvalue weighted by atomic mass is 9.91. The molecule has 1 aromatic heterocycles. The highest BCUT2D eigenvalue weighted by molar-refractivity contribution is 5.94. The summed E-state index contributed by atoms with van der Waals surface area (Å²) in [5.41, 5.74) is 1.31. The first kappa shape index (κ1) is 16.5. The second-order valence-corrected chi connectivity index (χ2v) is 6.35. The minimum atomic E-state index is -0.392. The van der Waals surface area contributed by atoms with E-state index >= 15 is 0 Å². The summed E-state index contributed by atoms with van der Waals surface area (Å²) in [7, 11) is 0. The van der Waals surface area contributed by atoms with Crippen LogP contribution in [0.5, 0.6) is 0 Å². The first-order valence-corrected chi connectivity index (χ1v) is 8.32. The Morgan fingerprint density at radius 3 is 2.67 bits per heavy atom. The summed E-state index contributed by atoms with van der Waals surface area (Å²) in [4.78, 5) is 29.6. The molecule has 0 spiro atoms. The Morgan fingerprint density at radius 1 is 1.25 bits per heavy atom. The Balaban J connectivity index is 1.89. The summed E-state index contributed by atoms with van der Waals surface area (Å²) in [5, 5.41) is 9.61. The van der Waals surface area contributed by atoms with Gasteiger partial charge in [-0.1, -0.05) is 37.3 Å². The molecule has 5 nitrogen and oxygen atoms in total. The van der Waals surface area contributed by atoms with E-state index in [1.807, 2.05) is 37.3 Å². The van der Waals surface area contributed by atoms with E-state index in [0.717, 1.165) is 18.4 Å². The van der Waals surface area contributed by atoms with Gasteiger partial charge in [0, 0.05) is 12.2 Å². The Morgan fingerprint density at radius 2 is 2.00 bits per heavy atom. The van der Waals surface area contributed by atoms with Gasteiger partial charge in [-0.25, -0.2) is 0 Å². The van der Waals surface area contributed by atoms with Crippen molar-refractivity contribution in [2.24, 2.45) is 5.92 Å². The number of hydrogen-bond donors (Lipinski definition) is 2. The van der Waals surface area contributed by atoms with Crippen LogP contribution in [0.25, 0.3) is 11.3 Å². The topological polar surface area (TPSA) is 73.4 Å². The van der Waals surface area contributed by atoms with E-state index in [9.17, 15) is 14.7 Å².